The second-order valence-corrected chi connectivity index (χ2v) is 7.33. The van der Waals surface area contributed by atoms with Crippen LogP contribution in [0, 0.1) is 5.82 Å². The third-order valence-electron chi connectivity index (χ3n) is 5.31. The largest absolute Gasteiger partial charge is 0.361 e. The topological polar surface area (TPSA) is 58.4 Å². The molecule has 1 aromatic heterocycles. The number of carbonyl (C=O) groups excluding carboxylic acids is 1. The lowest BCUT2D eigenvalue weighted by molar-refractivity contribution is -0.121. The smallest absolute Gasteiger partial charge is 0.224 e. The zero-order valence-corrected chi connectivity index (χ0v) is 14.8. The van der Waals surface area contributed by atoms with Crippen LogP contribution < -0.4 is 5.32 Å². The van der Waals surface area contributed by atoms with Gasteiger partial charge in [0.15, 0.2) is 0 Å². The standard InChI is InChI=1S/C20H24FN3O2/c21-15-5-3-4-14(10-15)11-20(25)22-16-6-7-19-17(12-16)18(23-26-19)13-24-8-1-2-9-24/h3-5,10,16H,1-2,6-9,11-13H2,(H,22,25). The molecule has 1 aromatic carbocycles. The maximum Gasteiger partial charge on any atom is 0.224 e. The van der Waals surface area contributed by atoms with E-state index in [-0.39, 0.29) is 24.2 Å². The van der Waals surface area contributed by atoms with Gasteiger partial charge in [-0.05, 0) is 56.5 Å². The van der Waals surface area contributed by atoms with E-state index in [0.717, 1.165) is 50.4 Å². The van der Waals surface area contributed by atoms with Gasteiger partial charge < -0.3 is 9.84 Å². The Morgan fingerprint density at radius 2 is 2.19 bits per heavy atom. The van der Waals surface area contributed by atoms with Gasteiger partial charge >= 0.3 is 0 Å². The molecule has 2 aromatic rings. The molecule has 6 heteroatoms. The minimum absolute atomic E-state index is 0.0680. The third-order valence-corrected chi connectivity index (χ3v) is 5.31. The van der Waals surface area contributed by atoms with Crippen LogP contribution >= 0.6 is 0 Å². The van der Waals surface area contributed by atoms with Crippen LogP contribution in [0.4, 0.5) is 4.39 Å². The summed E-state index contributed by atoms with van der Waals surface area (Å²) in [5, 5.41) is 7.38. The zero-order valence-electron chi connectivity index (χ0n) is 14.8. The fraction of sp³-hybridized carbons (Fsp3) is 0.500. The predicted molar refractivity (Wildman–Crippen MR) is 95.1 cm³/mol. The molecule has 0 bridgehead atoms. The summed E-state index contributed by atoms with van der Waals surface area (Å²) >= 11 is 0. The molecule has 1 aliphatic heterocycles. The second kappa shape index (κ2) is 7.58. The van der Waals surface area contributed by atoms with Crippen molar-refractivity contribution < 1.29 is 13.7 Å². The molecular weight excluding hydrogens is 333 g/mol. The first-order valence-electron chi connectivity index (χ1n) is 9.40. The minimum Gasteiger partial charge on any atom is -0.361 e. The molecule has 0 spiro atoms. The number of nitrogens with one attached hydrogen (secondary N) is 1. The summed E-state index contributed by atoms with van der Waals surface area (Å²) in [7, 11) is 0. The van der Waals surface area contributed by atoms with Crippen LogP contribution in [-0.2, 0) is 30.6 Å². The number of benzene rings is 1. The highest BCUT2D eigenvalue weighted by Gasteiger charge is 2.27. The summed E-state index contributed by atoms with van der Waals surface area (Å²) < 4.78 is 18.8. The number of hydrogen-bond acceptors (Lipinski definition) is 4. The number of rotatable bonds is 5. The van der Waals surface area contributed by atoms with Crippen molar-refractivity contribution in [3.8, 4) is 0 Å². The Hall–Kier alpha value is -2.21. The quantitative estimate of drug-likeness (QED) is 0.894. The Kier molecular flexibility index (Phi) is 5.02. The molecule has 2 heterocycles. The van der Waals surface area contributed by atoms with Gasteiger partial charge in [0.05, 0.1) is 6.42 Å². The molecule has 0 radical (unpaired) electrons. The van der Waals surface area contributed by atoms with Gasteiger partial charge in [0.2, 0.25) is 5.91 Å². The zero-order chi connectivity index (χ0) is 17.9. The van der Waals surface area contributed by atoms with E-state index in [1.54, 1.807) is 12.1 Å². The van der Waals surface area contributed by atoms with E-state index < -0.39 is 0 Å². The van der Waals surface area contributed by atoms with Gasteiger partial charge in [-0.1, -0.05) is 17.3 Å². The van der Waals surface area contributed by atoms with Crippen molar-refractivity contribution in [2.75, 3.05) is 13.1 Å². The van der Waals surface area contributed by atoms with Gasteiger partial charge in [-0.3, -0.25) is 9.69 Å². The molecule has 2 aliphatic rings. The van der Waals surface area contributed by atoms with E-state index in [9.17, 15) is 9.18 Å². The molecule has 1 atom stereocenters. The van der Waals surface area contributed by atoms with Crippen LogP contribution in [-0.4, -0.2) is 35.1 Å². The van der Waals surface area contributed by atoms with Crippen LogP contribution in [0.5, 0.6) is 0 Å². The Bertz CT molecular complexity index is 783. The molecule has 0 saturated carbocycles. The van der Waals surface area contributed by atoms with Crippen LogP contribution in [0.1, 0.15) is 41.8 Å². The molecule has 1 amide bonds. The Balaban J connectivity index is 1.36. The van der Waals surface area contributed by atoms with Gasteiger partial charge in [0.25, 0.3) is 0 Å². The van der Waals surface area contributed by atoms with Crippen molar-refractivity contribution in [2.45, 2.75) is 51.1 Å². The lowest BCUT2D eigenvalue weighted by Crippen LogP contribution is -2.39. The molecule has 5 nitrogen and oxygen atoms in total. The van der Waals surface area contributed by atoms with Gasteiger partial charge in [-0.25, -0.2) is 4.39 Å². The molecule has 1 saturated heterocycles. The lowest BCUT2D eigenvalue weighted by atomic mass is 9.91. The second-order valence-electron chi connectivity index (χ2n) is 7.33. The molecule has 4 rings (SSSR count). The number of aromatic nitrogens is 1. The third kappa shape index (κ3) is 3.96. The van der Waals surface area contributed by atoms with Crippen molar-refractivity contribution in [2.24, 2.45) is 0 Å². The van der Waals surface area contributed by atoms with Crippen LogP contribution in [0.15, 0.2) is 28.8 Å². The number of hydrogen-bond donors (Lipinski definition) is 1. The number of likely N-dealkylation sites (tertiary alicyclic amines) is 1. The Morgan fingerprint density at radius 3 is 3.00 bits per heavy atom. The summed E-state index contributed by atoms with van der Waals surface area (Å²) in [5.74, 6) is 0.588. The fourth-order valence-corrected chi connectivity index (χ4v) is 3.97. The van der Waals surface area contributed by atoms with Crippen LogP contribution in [0.2, 0.25) is 0 Å². The Morgan fingerprint density at radius 1 is 1.35 bits per heavy atom. The van der Waals surface area contributed by atoms with E-state index >= 15 is 0 Å². The normalized spacial score (nSPS) is 20.1. The number of carbonyl (C=O) groups is 1. The average Bonchev–Trinajstić information content (AvgIpc) is 3.25. The highest BCUT2D eigenvalue weighted by Crippen LogP contribution is 2.26. The molecule has 26 heavy (non-hydrogen) atoms. The lowest BCUT2D eigenvalue weighted by Gasteiger charge is -2.23. The van der Waals surface area contributed by atoms with Crippen molar-refractivity contribution >= 4 is 5.91 Å². The van der Waals surface area contributed by atoms with Gasteiger partial charge in [0, 0.05) is 24.6 Å². The number of fused-ring (bicyclic) bond motifs is 1. The SMILES string of the molecule is O=C(Cc1cccc(F)c1)NC1CCc2onc(CN3CCCC3)c2C1. The molecule has 138 valence electrons. The first-order chi connectivity index (χ1) is 12.7. The molecule has 1 unspecified atom stereocenters. The average molecular weight is 357 g/mol. The number of halogens is 1. The molecule has 1 aliphatic carbocycles. The molecule has 1 N–H and O–H groups in total. The van der Waals surface area contributed by atoms with Gasteiger partial charge in [-0.15, -0.1) is 0 Å². The first-order valence-corrected chi connectivity index (χ1v) is 9.40. The summed E-state index contributed by atoms with van der Waals surface area (Å²) in [4.78, 5) is 14.7. The molecular formula is C20H24FN3O2. The van der Waals surface area contributed by atoms with E-state index in [0.29, 0.717) is 5.56 Å². The summed E-state index contributed by atoms with van der Waals surface area (Å²) in [6, 6.07) is 6.28. The predicted octanol–water partition coefficient (Wildman–Crippen LogP) is 2.63. The first kappa shape index (κ1) is 17.2. The number of amides is 1. The molecule has 1 fully saturated rings. The van der Waals surface area contributed by atoms with Crippen molar-refractivity contribution in [3.63, 3.8) is 0 Å². The van der Waals surface area contributed by atoms with E-state index in [4.69, 9.17) is 4.52 Å². The highest BCUT2D eigenvalue weighted by atomic mass is 19.1. The van der Waals surface area contributed by atoms with Gasteiger partial charge in [-0.2, -0.15) is 0 Å². The monoisotopic (exact) mass is 357 g/mol. The summed E-state index contributed by atoms with van der Waals surface area (Å²) in [5.41, 5.74) is 2.88. The maximum absolute atomic E-state index is 13.3. The van der Waals surface area contributed by atoms with Gasteiger partial charge in [0.1, 0.15) is 17.3 Å². The van der Waals surface area contributed by atoms with Crippen molar-refractivity contribution in [1.82, 2.24) is 15.4 Å². The van der Waals surface area contributed by atoms with E-state index in [1.807, 2.05) is 0 Å². The number of nitrogens with zero attached hydrogens (tertiary/aromatic N) is 2. The van der Waals surface area contributed by atoms with E-state index in [2.05, 4.69) is 15.4 Å². The van der Waals surface area contributed by atoms with E-state index in [1.165, 1.54) is 30.5 Å². The maximum atomic E-state index is 13.3. The number of aryl methyl sites for hydroxylation is 1. The van der Waals surface area contributed by atoms with Crippen LogP contribution in [0.3, 0.4) is 0 Å². The fourth-order valence-electron chi connectivity index (χ4n) is 3.97. The Labute approximate surface area is 152 Å². The highest BCUT2D eigenvalue weighted by molar-refractivity contribution is 5.78. The summed E-state index contributed by atoms with van der Waals surface area (Å²) in [6.07, 6.45) is 5.10. The van der Waals surface area contributed by atoms with Crippen LogP contribution in [0.25, 0.3) is 0 Å². The summed E-state index contributed by atoms with van der Waals surface area (Å²) in [6.45, 7) is 3.08. The van der Waals surface area contributed by atoms with Crippen molar-refractivity contribution in [1.29, 1.82) is 0 Å². The van der Waals surface area contributed by atoms with Crippen molar-refractivity contribution in [3.05, 3.63) is 52.7 Å². The minimum atomic E-state index is -0.311.